The molecule has 2 unspecified atom stereocenters. The fraction of sp³-hybridized carbons (Fsp3) is 0.333. The lowest BCUT2D eigenvalue weighted by Gasteiger charge is -2.27. The highest BCUT2D eigenvalue weighted by Crippen LogP contribution is 2.21. The van der Waals surface area contributed by atoms with Gasteiger partial charge in [-0.2, -0.15) is 0 Å². The molecule has 0 radical (unpaired) electrons. The minimum Gasteiger partial charge on any atom is -0.308 e. The van der Waals surface area contributed by atoms with Crippen molar-refractivity contribution in [2.75, 3.05) is 20.6 Å². The molecule has 2 atom stereocenters. The fourth-order valence-electron chi connectivity index (χ4n) is 2.45. The van der Waals surface area contributed by atoms with Gasteiger partial charge in [-0.25, -0.2) is 0 Å². The average Bonchev–Trinajstić information content (AvgIpc) is 2.47. The van der Waals surface area contributed by atoms with Crippen molar-refractivity contribution in [3.8, 4) is 0 Å². The van der Waals surface area contributed by atoms with Gasteiger partial charge in [0.15, 0.2) is 0 Å². The molecule has 0 aliphatic carbocycles. The molecule has 2 rings (SSSR count). The van der Waals surface area contributed by atoms with E-state index in [1.54, 1.807) is 0 Å². The summed E-state index contributed by atoms with van der Waals surface area (Å²) in [4.78, 5) is 2.21. The molecule has 0 saturated heterocycles. The van der Waals surface area contributed by atoms with Crippen LogP contribution in [0, 0.1) is 0 Å². The third kappa shape index (κ3) is 4.85. The first-order chi connectivity index (χ1) is 10.1. The fourth-order valence-corrected chi connectivity index (χ4v) is 2.58. The molecule has 21 heavy (non-hydrogen) atoms. The Morgan fingerprint density at radius 1 is 0.952 bits per heavy atom. The predicted molar refractivity (Wildman–Crippen MR) is 90.7 cm³/mol. The standard InChI is InChI=1S/C18H23ClN2/c1-14(15-9-11-17(19)12-10-15)20-18(13-21(2)3)16-7-5-4-6-8-16/h4-12,14,18,20H,13H2,1-3H3. The van der Waals surface area contributed by atoms with Crippen molar-refractivity contribution in [2.24, 2.45) is 0 Å². The zero-order valence-corrected chi connectivity index (χ0v) is 13.6. The highest BCUT2D eigenvalue weighted by Gasteiger charge is 2.16. The second kappa shape index (κ2) is 7.60. The summed E-state index contributed by atoms with van der Waals surface area (Å²) in [6, 6.07) is 19.2. The van der Waals surface area contributed by atoms with Crippen LogP contribution >= 0.6 is 11.6 Å². The number of likely N-dealkylation sites (N-methyl/N-ethyl adjacent to an activating group) is 1. The summed E-state index contributed by atoms with van der Waals surface area (Å²) < 4.78 is 0. The molecule has 2 nitrogen and oxygen atoms in total. The van der Waals surface area contributed by atoms with E-state index in [9.17, 15) is 0 Å². The Kier molecular flexibility index (Phi) is 5.80. The van der Waals surface area contributed by atoms with Crippen molar-refractivity contribution < 1.29 is 0 Å². The summed E-state index contributed by atoms with van der Waals surface area (Å²) in [5, 5.41) is 4.49. The van der Waals surface area contributed by atoms with Crippen molar-refractivity contribution >= 4 is 11.6 Å². The first-order valence-electron chi connectivity index (χ1n) is 7.27. The van der Waals surface area contributed by atoms with Crippen LogP contribution in [0.1, 0.15) is 30.1 Å². The largest absolute Gasteiger partial charge is 0.308 e. The Labute approximate surface area is 132 Å². The van der Waals surface area contributed by atoms with Crippen LogP contribution in [0.2, 0.25) is 5.02 Å². The van der Waals surface area contributed by atoms with Gasteiger partial charge in [0.25, 0.3) is 0 Å². The smallest absolute Gasteiger partial charge is 0.0453 e. The van der Waals surface area contributed by atoms with Gasteiger partial charge >= 0.3 is 0 Å². The highest BCUT2D eigenvalue weighted by molar-refractivity contribution is 6.30. The van der Waals surface area contributed by atoms with Gasteiger partial charge in [-0.3, -0.25) is 0 Å². The topological polar surface area (TPSA) is 15.3 Å². The Morgan fingerprint density at radius 3 is 2.14 bits per heavy atom. The molecular formula is C18H23ClN2. The maximum absolute atomic E-state index is 5.96. The average molecular weight is 303 g/mol. The number of halogens is 1. The zero-order chi connectivity index (χ0) is 15.2. The maximum atomic E-state index is 5.96. The summed E-state index contributed by atoms with van der Waals surface area (Å²) in [7, 11) is 4.20. The molecule has 3 heteroatoms. The van der Waals surface area contributed by atoms with Crippen LogP contribution in [0.5, 0.6) is 0 Å². The molecule has 0 aliphatic rings. The van der Waals surface area contributed by atoms with Crippen LogP contribution in [-0.4, -0.2) is 25.5 Å². The van der Waals surface area contributed by atoms with Gasteiger partial charge in [0.2, 0.25) is 0 Å². The van der Waals surface area contributed by atoms with Crippen molar-refractivity contribution in [1.82, 2.24) is 10.2 Å². The lowest BCUT2D eigenvalue weighted by molar-refractivity contribution is 0.325. The number of benzene rings is 2. The summed E-state index contributed by atoms with van der Waals surface area (Å²) in [6.07, 6.45) is 0. The Bertz CT molecular complexity index is 537. The van der Waals surface area contributed by atoms with Gasteiger partial charge in [0.05, 0.1) is 0 Å². The second-order valence-electron chi connectivity index (χ2n) is 5.67. The van der Waals surface area contributed by atoms with Crippen molar-refractivity contribution in [3.63, 3.8) is 0 Å². The molecule has 0 saturated carbocycles. The Hall–Kier alpha value is -1.35. The van der Waals surface area contributed by atoms with Gasteiger partial charge in [0, 0.05) is 23.7 Å². The van der Waals surface area contributed by atoms with Gasteiger partial charge in [-0.15, -0.1) is 0 Å². The summed E-state index contributed by atoms with van der Waals surface area (Å²) in [5.74, 6) is 0. The number of hydrogen-bond donors (Lipinski definition) is 1. The molecule has 0 amide bonds. The van der Waals surface area contributed by atoms with E-state index in [-0.39, 0.29) is 6.04 Å². The van der Waals surface area contributed by atoms with Gasteiger partial charge in [-0.1, -0.05) is 54.1 Å². The Balaban J connectivity index is 2.13. The lowest BCUT2D eigenvalue weighted by Crippen LogP contribution is -2.32. The molecular weight excluding hydrogens is 280 g/mol. The molecule has 0 heterocycles. The molecule has 0 aliphatic heterocycles. The number of hydrogen-bond acceptors (Lipinski definition) is 2. The van der Waals surface area contributed by atoms with Crippen LogP contribution in [0.4, 0.5) is 0 Å². The summed E-state index contributed by atoms with van der Waals surface area (Å²) in [5.41, 5.74) is 2.56. The van der Waals surface area contributed by atoms with E-state index in [1.165, 1.54) is 11.1 Å². The minimum absolute atomic E-state index is 0.271. The normalized spacial score (nSPS) is 14.1. The van der Waals surface area contributed by atoms with Gasteiger partial charge < -0.3 is 10.2 Å². The third-order valence-corrected chi connectivity index (χ3v) is 3.82. The van der Waals surface area contributed by atoms with E-state index in [2.05, 4.69) is 73.7 Å². The molecule has 0 fully saturated rings. The molecule has 0 aromatic heterocycles. The quantitative estimate of drug-likeness (QED) is 0.856. The van der Waals surface area contributed by atoms with E-state index in [0.717, 1.165) is 11.6 Å². The summed E-state index contributed by atoms with van der Waals surface area (Å²) >= 11 is 5.96. The molecule has 1 N–H and O–H groups in total. The van der Waals surface area contributed by atoms with E-state index in [1.807, 2.05) is 12.1 Å². The number of nitrogens with one attached hydrogen (secondary N) is 1. The monoisotopic (exact) mass is 302 g/mol. The highest BCUT2D eigenvalue weighted by atomic mass is 35.5. The van der Waals surface area contributed by atoms with E-state index in [0.29, 0.717) is 6.04 Å². The van der Waals surface area contributed by atoms with E-state index < -0.39 is 0 Å². The van der Waals surface area contributed by atoms with Gasteiger partial charge in [0.1, 0.15) is 0 Å². The van der Waals surface area contributed by atoms with Crippen molar-refractivity contribution in [1.29, 1.82) is 0 Å². The maximum Gasteiger partial charge on any atom is 0.0453 e. The Morgan fingerprint density at radius 2 is 1.57 bits per heavy atom. The molecule has 2 aromatic rings. The molecule has 2 aromatic carbocycles. The predicted octanol–water partition coefficient (Wildman–Crippen LogP) is 4.29. The molecule has 0 bridgehead atoms. The zero-order valence-electron chi connectivity index (χ0n) is 12.9. The van der Waals surface area contributed by atoms with Crippen LogP contribution in [-0.2, 0) is 0 Å². The van der Waals surface area contributed by atoms with Crippen LogP contribution in [0.15, 0.2) is 54.6 Å². The van der Waals surface area contributed by atoms with E-state index >= 15 is 0 Å². The van der Waals surface area contributed by atoms with Crippen molar-refractivity contribution in [3.05, 3.63) is 70.7 Å². The SMILES string of the molecule is CC(NC(CN(C)C)c1ccccc1)c1ccc(Cl)cc1. The molecule has 0 spiro atoms. The number of rotatable bonds is 6. The second-order valence-corrected chi connectivity index (χ2v) is 6.10. The van der Waals surface area contributed by atoms with Crippen LogP contribution in [0.3, 0.4) is 0 Å². The molecule has 112 valence electrons. The van der Waals surface area contributed by atoms with Crippen LogP contribution in [0.25, 0.3) is 0 Å². The number of nitrogens with zero attached hydrogens (tertiary/aromatic N) is 1. The third-order valence-electron chi connectivity index (χ3n) is 3.57. The van der Waals surface area contributed by atoms with E-state index in [4.69, 9.17) is 11.6 Å². The minimum atomic E-state index is 0.271. The van der Waals surface area contributed by atoms with Crippen molar-refractivity contribution in [2.45, 2.75) is 19.0 Å². The first kappa shape index (κ1) is 16.0. The lowest BCUT2D eigenvalue weighted by atomic mass is 10.0. The van der Waals surface area contributed by atoms with Gasteiger partial charge in [-0.05, 0) is 44.3 Å². The van der Waals surface area contributed by atoms with Crippen LogP contribution < -0.4 is 5.32 Å². The first-order valence-corrected chi connectivity index (χ1v) is 7.65. The summed E-state index contributed by atoms with van der Waals surface area (Å²) in [6.45, 7) is 3.15.